The van der Waals surface area contributed by atoms with Crippen LogP contribution in [0.25, 0.3) is 11.1 Å². The third-order valence-corrected chi connectivity index (χ3v) is 1.88. The Hall–Kier alpha value is -1.96. The standard InChI is InChI=1S/C12H10.HNO/c1-3-7-11(8-4-1)12-9-5-2-6-10-12;1-2/h1-10H;1H. The van der Waals surface area contributed by atoms with Gasteiger partial charge in [0.15, 0.2) is 0 Å². The Balaban J connectivity index is 0.000000461. The third-order valence-electron chi connectivity index (χ3n) is 1.88. The zero-order valence-electron chi connectivity index (χ0n) is 7.68. The predicted octanol–water partition coefficient (Wildman–Crippen LogP) is 3.69. The van der Waals surface area contributed by atoms with Crippen LogP contribution in [0.4, 0.5) is 0 Å². The molecule has 0 bridgehead atoms. The van der Waals surface area contributed by atoms with E-state index in [1.54, 1.807) is 0 Å². The summed E-state index contributed by atoms with van der Waals surface area (Å²) in [7, 11) is 0. The molecule has 0 unspecified atom stereocenters. The molecule has 0 saturated carbocycles. The first-order valence-corrected chi connectivity index (χ1v) is 4.28. The minimum atomic E-state index is 1.28. The van der Waals surface area contributed by atoms with Crippen molar-refractivity contribution in [2.75, 3.05) is 0 Å². The Bertz CT molecular complexity index is 321. The van der Waals surface area contributed by atoms with Crippen molar-refractivity contribution in [3.05, 3.63) is 65.6 Å². The number of hydrogen-bond donors (Lipinski definition) is 1. The molecule has 2 rings (SSSR count). The Morgan fingerprint density at radius 2 is 0.857 bits per heavy atom. The molecule has 0 atom stereocenters. The SMILES string of the molecule is N=O.c1ccc(-c2ccccc2)cc1. The lowest BCUT2D eigenvalue weighted by Crippen LogP contribution is -1.73. The van der Waals surface area contributed by atoms with Gasteiger partial charge in [0.2, 0.25) is 0 Å². The zero-order valence-corrected chi connectivity index (χ0v) is 7.68. The van der Waals surface area contributed by atoms with E-state index in [9.17, 15) is 0 Å². The molecule has 14 heavy (non-hydrogen) atoms. The normalized spacial score (nSPS) is 8.57. The van der Waals surface area contributed by atoms with Crippen molar-refractivity contribution < 1.29 is 0 Å². The fourth-order valence-corrected chi connectivity index (χ4v) is 1.26. The Morgan fingerprint density at radius 3 is 1.14 bits per heavy atom. The molecule has 2 aromatic carbocycles. The molecule has 2 aromatic rings. The molecule has 0 aliphatic rings. The topological polar surface area (TPSA) is 40.9 Å². The van der Waals surface area contributed by atoms with Gasteiger partial charge in [-0.1, -0.05) is 66.3 Å². The van der Waals surface area contributed by atoms with Crippen LogP contribution in [-0.2, 0) is 0 Å². The number of hydrogen-bond acceptors (Lipinski definition) is 2. The van der Waals surface area contributed by atoms with Gasteiger partial charge in [-0.3, -0.25) is 0 Å². The van der Waals surface area contributed by atoms with Gasteiger partial charge in [0.25, 0.3) is 0 Å². The van der Waals surface area contributed by atoms with Crippen LogP contribution >= 0.6 is 0 Å². The van der Waals surface area contributed by atoms with Crippen molar-refractivity contribution >= 4 is 0 Å². The smallest absolute Gasteiger partial charge is 0.0184 e. The van der Waals surface area contributed by atoms with E-state index in [1.807, 2.05) is 12.1 Å². The van der Waals surface area contributed by atoms with Crippen LogP contribution in [-0.4, -0.2) is 0 Å². The highest BCUT2D eigenvalue weighted by Gasteiger charge is 1.91. The van der Waals surface area contributed by atoms with E-state index in [0.29, 0.717) is 0 Å². The van der Waals surface area contributed by atoms with Crippen molar-refractivity contribution in [1.29, 1.82) is 5.59 Å². The van der Waals surface area contributed by atoms with Crippen LogP contribution < -0.4 is 0 Å². The summed E-state index contributed by atoms with van der Waals surface area (Å²) in [4.78, 5) is 7.50. The molecule has 0 saturated heterocycles. The van der Waals surface area contributed by atoms with Gasteiger partial charge in [0.05, 0.1) is 0 Å². The van der Waals surface area contributed by atoms with Crippen molar-refractivity contribution in [3.8, 4) is 11.1 Å². The number of nitrogens with one attached hydrogen (secondary N) is 1. The molecule has 0 spiro atoms. The van der Waals surface area contributed by atoms with Crippen LogP contribution in [0.1, 0.15) is 0 Å². The van der Waals surface area contributed by atoms with Crippen LogP contribution in [0, 0.1) is 10.5 Å². The van der Waals surface area contributed by atoms with Crippen LogP contribution in [0.3, 0.4) is 0 Å². The first-order valence-electron chi connectivity index (χ1n) is 4.28. The van der Waals surface area contributed by atoms with E-state index in [4.69, 9.17) is 4.91 Å². The van der Waals surface area contributed by atoms with Gasteiger partial charge in [0.1, 0.15) is 0 Å². The third kappa shape index (κ3) is 2.52. The molecule has 0 amide bonds. The second-order valence-corrected chi connectivity index (χ2v) is 2.73. The Morgan fingerprint density at radius 1 is 0.571 bits per heavy atom. The predicted molar refractivity (Wildman–Crippen MR) is 58.0 cm³/mol. The summed E-state index contributed by atoms with van der Waals surface area (Å²) in [6, 6.07) is 20.8. The van der Waals surface area contributed by atoms with E-state index in [1.165, 1.54) is 11.1 Å². The minimum Gasteiger partial charge on any atom is -0.154 e. The van der Waals surface area contributed by atoms with Gasteiger partial charge in [-0.25, -0.2) is 0 Å². The molecule has 2 heteroatoms. The maximum Gasteiger partial charge on any atom is -0.0184 e. The van der Waals surface area contributed by atoms with Crippen molar-refractivity contribution in [1.82, 2.24) is 0 Å². The van der Waals surface area contributed by atoms with Gasteiger partial charge in [-0.15, -0.1) is 0 Å². The highest BCUT2D eigenvalue weighted by molar-refractivity contribution is 5.62. The van der Waals surface area contributed by atoms with Crippen molar-refractivity contribution in [3.63, 3.8) is 0 Å². The van der Waals surface area contributed by atoms with Gasteiger partial charge in [-0.2, -0.15) is 4.91 Å². The second kappa shape index (κ2) is 5.65. The first kappa shape index (κ1) is 10.1. The average molecular weight is 185 g/mol. The monoisotopic (exact) mass is 185 g/mol. The maximum absolute atomic E-state index is 7.50. The molecule has 0 radical (unpaired) electrons. The Labute approximate surface area is 83.0 Å². The zero-order chi connectivity index (χ0) is 10.2. The molecule has 1 N–H and O–H groups in total. The summed E-state index contributed by atoms with van der Waals surface area (Å²) in [6.07, 6.45) is 0. The van der Waals surface area contributed by atoms with Gasteiger partial charge in [0, 0.05) is 0 Å². The highest BCUT2D eigenvalue weighted by atomic mass is 16.2. The summed E-state index contributed by atoms with van der Waals surface area (Å²) in [6.45, 7) is 0. The largest absolute Gasteiger partial charge is 0.154 e. The molecule has 0 heterocycles. The summed E-state index contributed by atoms with van der Waals surface area (Å²) >= 11 is 0. The van der Waals surface area contributed by atoms with E-state index >= 15 is 0 Å². The number of benzene rings is 2. The van der Waals surface area contributed by atoms with Crippen LogP contribution in [0.15, 0.2) is 60.7 Å². The van der Waals surface area contributed by atoms with Crippen LogP contribution in [0.5, 0.6) is 0 Å². The lowest BCUT2D eigenvalue weighted by Gasteiger charge is -1.98. The van der Waals surface area contributed by atoms with E-state index in [0.717, 1.165) is 0 Å². The molecule has 2 nitrogen and oxygen atoms in total. The summed E-state index contributed by atoms with van der Waals surface area (Å²) in [5.41, 5.74) is 7.05. The van der Waals surface area contributed by atoms with Crippen LogP contribution in [0.2, 0.25) is 0 Å². The molecule has 70 valence electrons. The van der Waals surface area contributed by atoms with Crippen molar-refractivity contribution in [2.24, 2.45) is 0 Å². The lowest BCUT2D eigenvalue weighted by molar-refractivity contribution is 1.49. The highest BCUT2D eigenvalue weighted by Crippen LogP contribution is 2.17. The molecule has 0 fully saturated rings. The second-order valence-electron chi connectivity index (χ2n) is 2.73. The Kier molecular flexibility index (Phi) is 4.08. The fourth-order valence-electron chi connectivity index (χ4n) is 1.26. The van der Waals surface area contributed by atoms with E-state index < -0.39 is 0 Å². The van der Waals surface area contributed by atoms with Crippen molar-refractivity contribution in [2.45, 2.75) is 0 Å². The molecular weight excluding hydrogens is 174 g/mol. The van der Waals surface area contributed by atoms with E-state index in [2.05, 4.69) is 54.1 Å². The maximum atomic E-state index is 7.50. The first-order chi connectivity index (χ1) is 6.97. The lowest BCUT2D eigenvalue weighted by atomic mass is 10.1. The van der Waals surface area contributed by atoms with Gasteiger partial charge < -0.3 is 0 Å². The number of rotatable bonds is 1. The molecular formula is C12H11NO. The molecule has 0 aliphatic heterocycles. The van der Waals surface area contributed by atoms with E-state index in [-0.39, 0.29) is 0 Å². The summed E-state index contributed by atoms with van der Waals surface area (Å²) in [5.74, 6) is 0. The quantitative estimate of drug-likeness (QED) is 0.676. The van der Waals surface area contributed by atoms with Gasteiger partial charge >= 0.3 is 0 Å². The molecule has 0 aromatic heterocycles. The number of nitroso groups, excluding NO2 is 1. The molecule has 0 aliphatic carbocycles. The summed E-state index contributed by atoms with van der Waals surface area (Å²) < 4.78 is 0. The summed E-state index contributed by atoms with van der Waals surface area (Å²) in [5, 5.41) is 0. The van der Waals surface area contributed by atoms with Gasteiger partial charge in [-0.05, 0) is 11.1 Å². The minimum absolute atomic E-state index is 1.28. The fraction of sp³-hybridized carbons (Fsp3) is 0. The average Bonchev–Trinajstić information content (AvgIpc) is 2.34.